The molecule has 14 heavy (non-hydrogen) atoms. The van der Waals surface area contributed by atoms with Gasteiger partial charge >= 0.3 is 6.18 Å². The average molecular weight is 226 g/mol. The molecule has 0 saturated carbocycles. The van der Waals surface area contributed by atoms with Gasteiger partial charge in [0.15, 0.2) is 6.61 Å². The van der Waals surface area contributed by atoms with Crippen LogP contribution in [0.1, 0.15) is 10.7 Å². The van der Waals surface area contributed by atoms with E-state index in [2.05, 4.69) is 15.3 Å². The van der Waals surface area contributed by atoms with E-state index in [0.717, 1.165) is 5.01 Å². The molecule has 0 aliphatic rings. The van der Waals surface area contributed by atoms with Crippen molar-refractivity contribution in [1.82, 2.24) is 10.5 Å². The number of hydrogen-bond donors (Lipinski definition) is 1. The van der Waals surface area contributed by atoms with Gasteiger partial charge in [-0.3, -0.25) is 4.84 Å². The van der Waals surface area contributed by atoms with Crippen molar-refractivity contribution in [1.29, 1.82) is 0 Å². The number of nitrogens with zero attached hydrogens (tertiary/aromatic N) is 1. The molecule has 1 aromatic heterocycles. The van der Waals surface area contributed by atoms with Gasteiger partial charge in [0.1, 0.15) is 0 Å². The van der Waals surface area contributed by atoms with E-state index in [1.807, 2.05) is 6.92 Å². The SMILES string of the molecule is Cc1nc(CNOCC(F)(F)F)cs1. The minimum Gasteiger partial charge on any atom is -0.292 e. The molecule has 0 amide bonds. The second kappa shape index (κ2) is 4.72. The van der Waals surface area contributed by atoms with E-state index in [0.29, 0.717) is 5.69 Å². The van der Waals surface area contributed by atoms with Crippen LogP contribution in [0.2, 0.25) is 0 Å². The first kappa shape index (κ1) is 11.4. The number of rotatable bonds is 4. The van der Waals surface area contributed by atoms with Crippen LogP contribution in [0.5, 0.6) is 0 Å². The number of thiazole rings is 1. The van der Waals surface area contributed by atoms with Crippen molar-refractivity contribution in [2.45, 2.75) is 19.6 Å². The zero-order valence-corrected chi connectivity index (χ0v) is 8.21. The maximum absolute atomic E-state index is 11.6. The van der Waals surface area contributed by atoms with Crippen molar-refractivity contribution in [3.05, 3.63) is 16.1 Å². The Morgan fingerprint density at radius 1 is 1.57 bits per heavy atom. The number of aromatic nitrogens is 1. The molecule has 1 rings (SSSR count). The topological polar surface area (TPSA) is 34.2 Å². The highest BCUT2D eigenvalue weighted by Crippen LogP contribution is 2.13. The highest BCUT2D eigenvalue weighted by atomic mass is 32.1. The molecule has 80 valence electrons. The highest BCUT2D eigenvalue weighted by Gasteiger charge is 2.27. The van der Waals surface area contributed by atoms with E-state index in [1.54, 1.807) is 5.38 Å². The summed E-state index contributed by atoms with van der Waals surface area (Å²) in [6.07, 6.45) is -4.30. The van der Waals surface area contributed by atoms with Crippen molar-refractivity contribution < 1.29 is 18.0 Å². The second-order valence-corrected chi connectivity index (χ2v) is 3.65. The van der Waals surface area contributed by atoms with Crippen molar-refractivity contribution in [3.8, 4) is 0 Å². The average Bonchev–Trinajstić information content (AvgIpc) is 2.44. The lowest BCUT2D eigenvalue weighted by molar-refractivity contribution is -0.190. The number of hydroxylamine groups is 1. The van der Waals surface area contributed by atoms with Crippen molar-refractivity contribution in [2.24, 2.45) is 0 Å². The molecule has 0 radical (unpaired) electrons. The van der Waals surface area contributed by atoms with Gasteiger partial charge in [-0.25, -0.2) is 4.98 Å². The number of alkyl halides is 3. The normalized spacial score (nSPS) is 12.0. The lowest BCUT2D eigenvalue weighted by Gasteiger charge is -2.06. The summed E-state index contributed by atoms with van der Waals surface area (Å²) in [5.74, 6) is 0. The molecular weight excluding hydrogens is 217 g/mol. The highest BCUT2D eigenvalue weighted by molar-refractivity contribution is 7.09. The molecule has 1 aromatic rings. The maximum Gasteiger partial charge on any atom is 0.413 e. The van der Waals surface area contributed by atoms with Crippen LogP contribution in [0.4, 0.5) is 13.2 Å². The van der Waals surface area contributed by atoms with E-state index in [1.165, 1.54) is 11.3 Å². The third-order valence-electron chi connectivity index (χ3n) is 1.26. The Labute approximate surface area is 82.9 Å². The van der Waals surface area contributed by atoms with Crippen LogP contribution in [0.3, 0.4) is 0 Å². The molecule has 0 bridgehead atoms. The lowest BCUT2D eigenvalue weighted by atomic mass is 10.5. The van der Waals surface area contributed by atoms with Crippen LogP contribution in [0.15, 0.2) is 5.38 Å². The van der Waals surface area contributed by atoms with E-state index in [-0.39, 0.29) is 6.54 Å². The Morgan fingerprint density at radius 3 is 2.79 bits per heavy atom. The van der Waals surface area contributed by atoms with E-state index >= 15 is 0 Å². The van der Waals surface area contributed by atoms with Gasteiger partial charge in [-0.2, -0.15) is 18.7 Å². The van der Waals surface area contributed by atoms with Gasteiger partial charge in [-0.1, -0.05) is 0 Å². The molecule has 0 aromatic carbocycles. The number of hydrogen-bond acceptors (Lipinski definition) is 4. The predicted molar refractivity (Wildman–Crippen MR) is 45.7 cm³/mol. The van der Waals surface area contributed by atoms with Gasteiger partial charge in [0.05, 0.1) is 17.2 Å². The third kappa shape index (κ3) is 4.54. The van der Waals surface area contributed by atoms with Crippen molar-refractivity contribution in [2.75, 3.05) is 6.61 Å². The Balaban J connectivity index is 2.16. The van der Waals surface area contributed by atoms with E-state index in [4.69, 9.17) is 0 Å². The first-order chi connectivity index (χ1) is 6.47. The van der Waals surface area contributed by atoms with Crippen LogP contribution >= 0.6 is 11.3 Å². The number of nitrogens with one attached hydrogen (secondary N) is 1. The standard InChI is InChI=1S/C7H9F3N2OS/c1-5-12-6(3-14-5)2-11-13-4-7(8,9)10/h3,11H,2,4H2,1H3. The fourth-order valence-corrected chi connectivity index (χ4v) is 1.36. The third-order valence-corrected chi connectivity index (χ3v) is 2.08. The maximum atomic E-state index is 11.6. The Bertz CT molecular complexity index is 287. The molecule has 0 fully saturated rings. The zero-order chi connectivity index (χ0) is 10.6. The molecule has 1 heterocycles. The summed E-state index contributed by atoms with van der Waals surface area (Å²) in [5, 5.41) is 2.64. The van der Waals surface area contributed by atoms with Crippen LogP contribution in [-0.4, -0.2) is 17.8 Å². The largest absolute Gasteiger partial charge is 0.413 e. The monoisotopic (exact) mass is 226 g/mol. The van der Waals surface area contributed by atoms with Gasteiger partial charge in [0.2, 0.25) is 0 Å². The first-order valence-corrected chi connectivity index (χ1v) is 4.68. The molecular formula is C7H9F3N2OS. The summed E-state index contributed by atoms with van der Waals surface area (Å²) < 4.78 is 34.8. The number of aryl methyl sites for hydroxylation is 1. The van der Waals surface area contributed by atoms with Crippen molar-refractivity contribution in [3.63, 3.8) is 0 Å². The Hall–Kier alpha value is -0.660. The molecule has 0 aliphatic carbocycles. The summed E-state index contributed by atoms with van der Waals surface area (Å²) in [6, 6.07) is 0. The lowest BCUT2D eigenvalue weighted by Crippen LogP contribution is -2.24. The van der Waals surface area contributed by atoms with Gasteiger partial charge in [0.25, 0.3) is 0 Å². The fraction of sp³-hybridized carbons (Fsp3) is 0.571. The second-order valence-electron chi connectivity index (χ2n) is 2.58. The summed E-state index contributed by atoms with van der Waals surface area (Å²) in [5.41, 5.74) is 2.87. The minimum atomic E-state index is -4.30. The molecule has 0 saturated heterocycles. The summed E-state index contributed by atoms with van der Waals surface area (Å²) in [7, 11) is 0. The van der Waals surface area contributed by atoms with E-state index in [9.17, 15) is 13.2 Å². The first-order valence-electron chi connectivity index (χ1n) is 3.80. The molecule has 0 atom stereocenters. The van der Waals surface area contributed by atoms with Crippen molar-refractivity contribution >= 4 is 11.3 Å². The van der Waals surface area contributed by atoms with Crippen LogP contribution in [-0.2, 0) is 11.4 Å². The van der Waals surface area contributed by atoms with Gasteiger partial charge in [-0.15, -0.1) is 11.3 Å². The van der Waals surface area contributed by atoms with Crippen LogP contribution in [0.25, 0.3) is 0 Å². The van der Waals surface area contributed by atoms with Gasteiger partial charge in [-0.05, 0) is 6.92 Å². The molecule has 0 spiro atoms. The van der Waals surface area contributed by atoms with Gasteiger partial charge < -0.3 is 0 Å². The fourth-order valence-electron chi connectivity index (χ4n) is 0.747. The Morgan fingerprint density at radius 2 is 2.29 bits per heavy atom. The van der Waals surface area contributed by atoms with Gasteiger partial charge in [0, 0.05) is 5.38 Å². The molecule has 0 aliphatic heterocycles. The quantitative estimate of drug-likeness (QED) is 0.630. The Kier molecular flexibility index (Phi) is 3.85. The predicted octanol–water partition coefficient (Wildman–Crippen LogP) is 2.04. The minimum absolute atomic E-state index is 0.181. The van der Waals surface area contributed by atoms with Crippen LogP contribution < -0.4 is 5.48 Å². The smallest absolute Gasteiger partial charge is 0.292 e. The number of halogens is 3. The summed E-state index contributed by atoms with van der Waals surface area (Å²) in [4.78, 5) is 8.24. The molecule has 7 heteroatoms. The zero-order valence-electron chi connectivity index (χ0n) is 7.39. The summed E-state index contributed by atoms with van der Waals surface area (Å²) in [6.45, 7) is 0.710. The molecule has 0 unspecified atom stereocenters. The van der Waals surface area contributed by atoms with E-state index < -0.39 is 12.8 Å². The molecule has 1 N–H and O–H groups in total. The van der Waals surface area contributed by atoms with Crippen LogP contribution in [0, 0.1) is 6.92 Å². The summed E-state index contributed by atoms with van der Waals surface area (Å²) >= 11 is 1.44. The molecule has 3 nitrogen and oxygen atoms in total.